The monoisotopic (exact) mass is 410 g/mol. The van der Waals surface area contributed by atoms with Crippen molar-refractivity contribution in [3.05, 3.63) is 71.8 Å². The lowest BCUT2D eigenvalue weighted by molar-refractivity contribution is -0.129. The molecule has 0 N–H and O–H groups in total. The number of aromatic nitrogens is 3. The van der Waals surface area contributed by atoms with Crippen LogP contribution in [-0.4, -0.2) is 37.9 Å². The largest absolute Gasteiger partial charge is 0.340 e. The molecule has 3 aromatic rings. The summed E-state index contributed by atoms with van der Waals surface area (Å²) >= 11 is 1.36. The molecule has 2 aromatic carbocycles. The Morgan fingerprint density at radius 2 is 2.00 bits per heavy atom. The van der Waals surface area contributed by atoms with Crippen molar-refractivity contribution in [1.29, 1.82) is 0 Å². The van der Waals surface area contributed by atoms with E-state index in [2.05, 4.69) is 5.10 Å². The van der Waals surface area contributed by atoms with Crippen molar-refractivity contribution < 1.29 is 9.18 Å². The highest BCUT2D eigenvalue weighted by Crippen LogP contribution is 2.40. The molecule has 150 valence electrons. The minimum atomic E-state index is -0.341. The summed E-state index contributed by atoms with van der Waals surface area (Å²) in [6.45, 7) is 2.22. The van der Waals surface area contributed by atoms with Gasteiger partial charge in [0.1, 0.15) is 11.6 Å². The van der Waals surface area contributed by atoms with Crippen molar-refractivity contribution in [3.63, 3.8) is 0 Å². The lowest BCUT2D eigenvalue weighted by Gasteiger charge is -2.20. The maximum absolute atomic E-state index is 13.4. The Balaban J connectivity index is 1.46. The highest BCUT2D eigenvalue weighted by atomic mass is 32.2. The zero-order valence-corrected chi connectivity index (χ0v) is 17.3. The van der Waals surface area contributed by atoms with E-state index in [1.165, 1.54) is 23.9 Å². The first kappa shape index (κ1) is 19.6. The molecule has 1 aliphatic carbocycles. The molecular weight excluding hydrogens is 387 g/mol. The first-order chi connectivity index (χ1) is 14.0. The molecule has 0 radical (unpaired) electrons. The van der Waals surface area contributed by atoms with Gasteiger partial charge in [-0.3, -0.25) is 4.79 Å². The van der Waals surface area contributed by atoms with Gasteiger partial charge in [0.2, 0.25) is 11.1 Å². The molecule has 7 heteroatoms. The summed E-state index contributed by atoms with van der Waals surface area (Å²) in [6, 6.07) is 16.3. The van der Waals surface area contributed by atoms with Gasteiger partial charge in [0, 0.05) is 19.5 Å². The van der Waals surface area contributed by atoms with Crippen LogP contribution in [0.3, 0.4) is 0 Å². The summed E-state index contributed by atoms with van der Waals surface area (Å²) in [4.78, 5) is 19.1. The third-order valence-electron chi connectivity index (χ3n) is 4.87. The van der Waals surface area contributed by atoms with Gasteiger partial charge in [-0.2, -0.15) is 0 Å². The normalized spacial score (nSPS) is 14.6. The topological polar surface area (TPSA) is 51.0 Å². The molecule has 1 saturated carbocycles. The van der Waals surface area contributed by atoms with Crippen LogP contribution in [0.25, 0.3) is 5.69 Å². The van der Waals surface area contributed by atoms with Crippen molar-refractivity contribution in [2.24, 2.45) is 0 Å². The van der Waals surface area contributed by atoms with Crippen LogP contribution >= 0.6 is 11.8 Å². The average Bonchev–Trinajstić information content (AvgIpc) is 3.48. The molecule has 1 heterocycles. The Morgan fingerprint density at radius 1 is 1.24 bits per heavy atom. The molecule has 1 atom stereocenters. The van der Waals surface area contributed by atoms with Gasteiger partial charge in [-0.25, -0.2) is 14.1 Å². The summed E-state index contributed by atoms with van der Waals surface area (Å²) in [5.74, 6) is 1.07. The molecule has 1 amide bonds. The van der Waals surface area contributed by atoms with Gasteiger partial charge in [0.15, 0.2) is 0 Å². The van der Waals surface area contributed by atoms with Crippen molar-refractivity contribution in [2.45, 2.75) is 42.6 Å². The molecule has 0 saturated heterocycles. The number of hydrogen-bond donors (Lipinski definition) is 0. The number of carbonyl (C=O) groups is 1. The van der Waals surface area contributed by atoms with E-state index in [1.54, 1.807) is 18.0 Å². The second-order valence-corrected chi connectivity index (χ2v) is 8.67. The summed E-state index contributed by atoms with van der Waals surface area (Å²) in [5.41, 5.74) is 1.75. The van der Waals surface area contributed by atoms with Gasteiger partial charge in [0.05, 0.1) is 10.9 Å². The number of hydrogen-bond acceptors (Lipinski definition) is 4. The molecule has 29 heavy (non-hydrogen) atoms. The predicted molar refractivity (Wildman–Crippen MR) is 112 cm³/mol. The van der Waals surface area contributed by atoms with Crippen LogP contribution in [0.4, 0.5) is 4.39 Å². The zero-order valence-electron chi connectivity index (χ0n) is 16.5. The standard InChI is InChI=1S/C22H23FN4OS/c1-15(21(28)26(2)14-16-7-6-8-18(23)13-16)29-22-24-20(17-11-12-17)27(25-22)19-9-4-3-5-10-19/h3-10,13,15,17H,11-12,14H2,1-2H3/t15-/m0/s1. The first-order valence-corrected chi connectivity index (χ1v) is 10.6. The van der Waals surface area contributed by atoms with E-state index in [0.29, 0.717) is 17.6 Å². The predicted octanol–water partition coefficient (Wildman–Crippen LogP) is 4.42. The first-order valence-electron chi connectivity index (χ1n) is 9.69. The molecule has 0 aliphatic heterocycles. The van der Waals surface area contributed by atoms with E-state index in [1.807, 2.05) is 48.0 Å². The van der Waals surface area contributed by atoms with E-state index < -0.39 is 0 Å². The van der Waals surface area contributed by atoms with Crippen LogP contribution in [0.2, 0.25) is 0 Å². The molecular formula is C22H23FN4OS. The SMILES string of the molecule is C[C@H](Sc1nc(C2CC2)n(-c2ccccc2)n1)C(=O)N(C)Cc1cccc(F)c1. The van der Waals surface area contributed by atoms with E-state index in [0.717, 1.165) is 29.9 Å². The van der Waals surface area contributed by atoms with Crippen molar-refractivity contribution in [3.8, 4) is 5.69 Å². The lowest BCUT2D eigenvalue weighted by atomic mass is 10.2. The number of amides is 1. The number of nitrogens with zero attached hydrogens (tertiary/aromatic N) is 4. The maximum atomic E-state index is 13.4. The third kappa shape index (κ3) is 4.67. The van der Waals surface area contributed by atoms with Crippen molar-refractivity contribution in [1.82, 2.24) is 19.7 Å². The Labute approximate surface area is 173 Å². The number of carbonyl (C=O) groups excluding carboxylic acids is 1. The van der Waals surface area contributed by atoms with E-state index >= 15 is 0 Å². The van der Waals surface area contributed by atoms with Crippen LogP contribution < -0.4 is 0 Å². The molecule has 0 unspecified atom stereocenters. The number of thioether (sulfide) groups is 1. The molecule has 0 spiro atoms. The summed E-state index contributed by atoms with van der Waals surface area (Å²) in [7, 11) is 1.73. The quantitative estimate of drug-likeness (QED) is 0.541. The fourth-order valence-electron chi connectivity index (χ4n) is 3.23. The van der Waals surface area contributed by atoms with Gasteiger partial charge in [-0.15, -0.1) is 5.10 Å². The molecule has 1 fully saturated rings. The number of halogens is 1. The van der Waals surface area contributed by atoms with Gasteiger partial charge in [-0.1, -0.05) is 42.1 Å². The number of rotatable bonds is 7. The minimum Gasteiger partial charge on any atom is -0.340 e. The molecule has 0 bridgehead atoms. The number of benzene rings is 2. The fourth-order valence-corrected chi connectivity index (χ4v) is 4.10. The molecule has 4 rings (SSSR count). The maximum Gasteiger partial charge on any atom is 0.235 e. The molecule has 5 nitrogen and oxygen atoms in total. The highest BCUT2D eigenvalue weighted by molar-refractivity contribution is 8.00. The average molecular weight is 411 g/mol. The molecule has 1 aliphatic rings. The Kier molecular flexibility index (Phi) is 5.67. The van der Waals surface area contributed by atoms with E-state index in [9.17, 15) is 9.18 Å². The van der Waals surface area contributed by atoms with Crippen LogP contribution in [0.5, 0.6) is 0 Å². The zero-order chi connectivity index (χ0) is 20.4. The second-order valence-electron chi connectivity index (χ2n) is 7.36. The Bertz CT molecular complexity index is 1000. The van der Waals surface area contributed by atoms with Gasteiger partial charge in [0.25, 0.3) is 0 Å². The number of para-hydroxylation sites is 1. The van der Waals surface area contributed by atoms with Gasteiger partial charge in [-0.05, 0) is 49.6 Å². The summed E-state index contributed by atoms with van der Waals surface area (Å²) in [5, 5.41) is 4.93. The van der Waals surface area contributed by atoms with Crippen molar-refractivity contribution in [2.75, 3.05) is 7.05 Å². The highest BCUT2D eigenvalue weighted by Gasteiger charge is 2.31. The van der Waals surface area contributed by atoms with E-state index in [4.69, 9.17) is 4.98 Å². The second kappa shape index (κ2) is 8.37. The van der Waals surface area contributed by atoms with Crippen LogP contribution in [0, 0.1) is 5.82 Å². The van der Waals surface area contributed by atoms with Crippen LogP contribution in [-0.2, 0) is 11.3 Å². The fraction of sp³-hybridized carbons (Fsp3) is 0.318. The van der Waals surface area contributed by atoms with Gasteiger partial charge >= 0.3 is 0 Å². The Morgan fingerprint density at radius 3 is 2.69 bits per heavy atom. The van der Waals surface area contributed by atoms with E-state index in [-0.39, 0.29) is 17.0 Å². The Hall–Kier alpha value is -2.67. The summed E-state index contributed by atoms with van der Waals surface area (Å²) in [6.07, 6.45) is 2.25. The third-order valence-corrected chi connectivity index (χ3v) is 5.81. The lowest BCUT2D eigenvalue weighted by Crippen LogP contribution is -2.32. The smallest absolute Gasteiger partial charge is 0.235 e. The van der Waals surface area contributed by atoms with Crippen LogP contribution in [0.15, 0.2) is 59.8 Å². The summed E-state index contributed by atoms with van der Waals surface area (Å²) < 4.78 is 15.3. The molecule has 1 aromatic heterocycles. The van der Waals surface area contributed by atoms with Crippen LogP contribution in [0.1, 0.15) is 37.1 Å². The van der Waals surface area contributed by atoms with Gasteiger partial charge < -0.3 is 4.90 Å². The minimum absolute atomic E-state index is 0.0386. The van der Waals surface area contributed by atoms with Crippen molar-refractivity contribution >= 4 is 17.7 Å².